The molecule has 0 bridgehead atoms. The predicted octanol–water partition coefficient (Wildman–Crippen LogP) is -2.33. The molecule has 13 nitrogen and oxygen atoms in total. The molecule has 1 aromatic heterocycles. The molecule has 0 aliphatic carbocycles. The summed E-state index contributed by atoms with van der Waals surface area (Å²) in [6.07, 6.45) is 1.10. The van der Waals surface area contributed by atoms with Crippen molar-refractivity contribution in [2.24, 2.45) is 5.73 Å². The molecule has 0 radical (unpaired) electrons. The Hall–Kier alpha value is -3.48. The first-order chi connectivity index (χ1) is 13.1. The summed E-state index contributed by atoms with van der Waals surface area (Å²) in [6.45, 7) is 0. The van der Waals surface area contributed by atoms with Crippen LogP contribution in [0.2, 0.25) is 0 Å². The van der Waals surface area contributed by atoms with E-state index in [1.165, 1.54) is 12.5 Å². The lowest BCUT2D eigenvalue weighted by molar-refractivity contribution is -0.144. The molecule has 0 aliphatic rings. The number of aliphatic carboxylic acids is 3. The number of imidazole rings is 1. The van der Waals surface area contributed by atoms with Gasteiger partial charge >= 0.3 is 17.9 Å². The van der Waals surface area contributed by atoms with Gasteiger partial charge in [0.15, 0.2) is 0 Å². The van der Waals surface area contributed by atoms with Crippen molar-refractivity contribution in [3.05, 3.63) is 18.2 Å². The summed E-state index contributed by atoms with van der Waals surface area (Å²) in [6, 6.07) is -4.27. The van der Waals surface area contributed by atoms with Crippen LogP contribution < -0.4 is 16.4 Å². The summed E-state index contributed by atoms with van der Waals surface area (Å²) < 4.78 is 0. The maximum absolute atomic E-state index is 12.3. The first kappa shape index (κ1) is 22.6. The molecular weight excluding hydrogens is 378 g/mol. The molecule has 0 aromatic carbocycles. The molecule has 0 unspecified atom stereocenters. The van der Waals surface area contributed by atoms with Crippen molar-refractivity contribution in [1.82, 2.24) is 20.6 Å². The van der Waals surface area contributed by atoms with Crippen LogP contribution in [-0.2, 0) is 30.4 Å². The van der Waals surface area contributed by atoms with Gasteiger partial charge in [0.2, 0.25) is 11.8 Å². The number of nitrogens with one attached hydrogen (secondary N) is 3. The fraction of sp³-hybridized carbons (Fsp3) is 0.467. The fourth-order valence-electron chi connectivity index (χ4n) is 2.19. The molecule has 0 saturated heterocycles. The maximum Gasteiger partial charge on any atom is 0.326 e. The van der Waals surface area contributed by atoms with Gasteiger partial charge in [-0.25, -0.2) is 9.78 Å². The number of carbonyl (C=O) groups excluding carboxylic acids is 2. The Morgan fingerprint density at radius 2 is 1.68 bits per heavy atom. The van der Waals surface area contributed by atoms with E-state index >= 15 is 0 Å². The van der Waals surface area contributed by atoms with E-state index in [2.05, 4.69) is 15.3 Å². The molecule has 0 saturated carbocycles. The Labute approximate surface area is 158 Å². The van der Waals surface area contributed by atoms with Crippen molar-refractivity contribution in [1.29, 1.82) is 0 Å². The summed E-state index contributed by atoms with van der Waals surface area (Å²) in [5, 5.41) is 30.8. The average molecular weight is 399 g/mol. The zero-order chi connectivity index (χ0) is 21.3. The molecule has 28 heavy (non-hydrogen) atoms. The summed E-state index contributed by atoms with van der Waals surface area (Å²) in [5.41, 5.74) is 6.26. The average Bonchev–Trinajstić information content (AvgIpc) is 3.09. The highest BCUT2D eigenvalue weighted by Crippen LogP contribution is 2.03. The first-order valence-corrected chi connectivity index (χ1v) is 8.10. The van der Waals surface area contributed by atoms with Gasteiger partial charge in [-0.05, 0) is 6.42 Å². The molecule has 0 fully saturated rings. The van der Waals surface area contributed by atoms with Gasteiger partial charge in [-0.2, -0.15) is 0 Å². The number of amides is 2. The lowest BCUT2D eigenvalue weighted by Crippen LogP contribution is -2.55. The van der Waals surface area contributed by atoms with Crippen molar-refractivity contribution in [2.75, 3.05) is 0 Å². The Morgan fingerprint density at radius 1 is 1.04 bits per heavy atom. The SMILES string of the molecule is N[C@@H](Cc1cnc[nH]1)C(=O)N[C@@H](CC(=O)O)C(=O)N[C@@H](CCC(=O)O)C(=O)O. The summed E-state index contributed by atoms with van der Waals surface area (Å²) in [5.74, 6) is -6.08. The lowest BCUT2D eigenvalue weighted by Gasteiger charge is -2.21. The molecule has 0 spiro atoms. The topological polar surface area (TPSA) is 225 Å². The van der Waals surface area contributed by atoms with Crippen molar-refractivity contribution in [3.8, 4) is 0 Å². The van der Waals surface area contributed by atoms with Crippen LogP contribution in [0.3, 0.4) is 0 Å². The van der Waals surface area contributed by atoms with E-state index in [-0.39, 0.29) is 6.42 Å². The van der Waals surface area contributed by atoms with Gasteiger partial charge in [0.25, 0.3) is 0 Å². The van der Waals surface area contributed by atoms with Gasteiger partial charge < -0.3 is 36.7 Å². The van der Waals surface area contributed by atoms with Gasteiger partial charge in [0.05, 0.1) is 18.8 Å². The van der Waals surface area contributed by atoms with Crippen molar-refractivity contribution >= 4 is 29.7 Å². The summed E-state index contributed by atoms with van der Waals surface area (Å²) >= 11 is 0. The minimum atomic E-state index is -1.59. The highest BCUT2D eigenvalue weighted by atomic mass is 16.4. The van der Waals surface area contributed by atoms with Crippen LogP contribution >= 0.6 is 0 Å². The number of carboxylic acids is 3. The van der Waals surface area contributed by atoms with E-state index in [9.17, 15) is 24.0 Å². The number of hydrogen-bond acceptors (Lipinski definition) is 7. The number of carbonyl (C=O) groups is 5. The van der Waals surface area contributed by atoms with Crippen LogP contribution in [-0.4, -0.2) is 73.1 Å². The number of carboxylic acid groups (broad SMARTS) is 3. The van der Waals surface area contributed by atoms with Crippen molar-refractivity contribution in [2.45, 2.75) is 43.8 Å². The Balaban J connectivity index is 2.77. The molecule has 3 atom stereocenters. The lowest BCUT2D eigenvalue weighted by atomic mass is 10.1. The van der Waals surface area contributed by atoms with E-state index in [0.717, 1.165) is 0 Å². The molecule has 0 aliphatic heterocycles. The van der Waals surface area contributed by atoms with Crippen molar-refractivity contribution in [3.63, 3.8) is 0 Å². The molecule has 2 amide bonds. The number of H-pyrrole nitrogens is 1. The van der Waals surface area contributed by atoms with E-state index in [1.54, 1.807) is 0 Å². The van der Waals surface area contributed by atoms with Gasteiger partial charge in [0, 0.05) is 24.7 Å². The van der Waals surface area contributed by atoms with Crippen LogP contribution in [0.1, 0.15) is 25.0 Å². The second-order valence-electron chi connectivity index (χ2n) is 5.88. The number of rotatable bonds is 12. The Bertz CT molecular complexity index is 720. The van der Waals surface area contributed by atoms with E-state index in [1.807, 2.05) is 5.32 Å². The normalized spacial score (nSPS) is 13.8. The molecule has 1 rings (SSSR count). The number of aromatic nitrogens is 2. The number of nitrogens with zero attached hydrogens (tertiary/aromatic N) is 1. The highest BCUT2D eigenvalue weighted by Gasteiger charge is 2.30. The zero-order valence-corrected chi connectivity index (χ0v) is 14.6. The first-order valence-electron chi connectivity index (χ1n) is 8.10. The Morgan fingerprint density at radius 3 is 2.18 bits per heavy atom. The minimum absolute atomic E-state index is 0.0452. The quantitative estimate of drug-likeness (QED) is 0.198. The summed E-state index contributed by atoms with van der Waals surface area (Å²) in [7, 11) is 0. The zero-order valence-electron chi connectivity index (χ0n) is 14.6. The van der Waals surface area contributed by atoms with E-state index < -0.39 is 67.1 Å². The van der Waals surface area contributed by atoms with Gasteiger partial charge in [-0.1, -0.05) is 0 Å². The number of hydrogen-bond donors (Lipinski definition) is 7. The molecule has 1 heterocycles. The second-order valence-corrected chi connectivity index (χ2v) is 5.88. The third kappa shape index (κ3) is 7.82. The minimum Gasteiger partial charge on any atom is -0.481 e. The van der Waals surface area contributed by atoms with Crippen LogP contribution in [0.15, 0.2) is 12.5 Å². The third-order valence-corrected chi connectivity index (χ3v) is 3.60. The third-order valence-electron chi connectivity index (χ3n) is 3.60. The maximum atomic E-state index is 12.3. The fourth-order valence-corrected chi connectivity index (χ4v) is 2.19. The second kappa shape index (κ2) is 10.6. The monoisotopic (exact) mass is 399 g/mol. The molecule has 154 valence electrons. The van der Waals surface area contributed by atoms with Gasteiger partial charge in [0.1, 0.15) is 12.1 Å². The van der Waals surface area contributed by atoms with Gasteiger partial charge in [-0.3, -0.25) is 19.2 Å². The largest absolute Gasteiger partial charge is 0.481 e. The number of nitrogens with two attached hydrogens (primary N) is 1. The smallest absolute Gasteiger partial charge is 0.326 e. The molecular formula is C15H21N5O8. The van der Waals surface area contributed by atoms with Crippen LogP contribution in [0, 0.1) is 0 Å². The number of aromatic amines is 1. The summed E-state index contributed by atoms with van der Waals surface area (Å²) in [4.78, 5) is 63.6. The van der Waals surface area contributed by atoms with Crippen LogP contribution in [0.4, 0.5) is 0 Å². The predicted molar refractivity (Wildman–Crippen MR) is 90.9 cm³/mol. The highest BCUT2D eigenvalue weighted by molar-refractivity contribution is 5.94. The van der Waals surface area contributed by atoms with Crippen LogP contribution in [0.25, 0.3) is 0 Å². The van der Waals surface area contributed by atoms with Crippen LogP contribution in [0.5, 0.6) is 0 Å². The van der Waals surface area contributed by atoms with Gasteiger partial charge in [-0.15, -0.1) is 0 Å². The Kier molecular flexibility index (Phi) is 8.55. The van der Waals surface area contributed by atoms with E-state index in [4.69, 9.17) is 21.1 Å². The molecule has 13 heteroatoms. The molecule has 8 N–H and O–H groups in total. The molecule has 1 aromatic rings. The standard InChI is InChI=1S/C15H21N5O8/c16-8(3-7-5-17-6-18-7)13(25)20-10(4-12(23)24)14(26)19-9(15(27)28)1-2-11(21)22/h5-6,8-10H,1-4,16H2,(H,17,18)(H,19,26)(H,20,25)(H,21,22)(H,23,24)(H,27,28)/t8-,9-,10-/m0/s1. The van der Waals surface area contributed by atoms with E-state index in [0.29, 0.717) is 5.69 Å². The van der Waals surface area contributed by atoms with Crippen molar-refractivity contribution < 1.29 is 39.3 Å².